The Hall–Kier alpha value is -3.59. The Morgan fingerprint density at radius 2 is 1.66 bits per heavy atom. The van der Waals surface area contributed by atoms with Gasteiger partial charge in [-0.1, -0.05) is 48.0 Å². The summed E-state index contributed by atoms with van der Waals surface area (Å²) in [6.45, 7) is 10.6. The molecule has 0 saturated carbocycles. The number of para-hydroxylation sites is 1. The number of rotatable bonds is 10. The van der Waals surface area contributed by atoms with E-state index in [4.69, 9.17) is 22.1 Å². The van der Waals surface area contributed by atoms with Crippen LogP contribution < -0.4 is 16.4 Å². The van der Waals surface area contributed by atoms with Crippen molar-refractivity contribution >= 4 is 41.1 Å². The lowest BCUT2D eigenvalue weighted by molar-refractivity contribution is -0.140. The van der Waals surface area contributed by atoms with Gasteiger partial charge < -0.3 is 26.0 Å². The minimum absolute atomic E-state index is 0.0599. The average molecular weight is 545 g/mol. The minimum Gasteiger partial charge on any atom is -0.444 e. The van der Waals surface area contributed by atoms with Crippen LogP contribution in [0, 0.1) is 13.8 Å². The molecule has 0 heterocycles. The van der Waals surface area contributed by atoms with Crippen molar-refractivity contribution < 1.29 is 23.9 Å². The van der Waals surface area contributed by atoms with Crippen LogP contribution in [0.2, 0.25) is 5.02 Å². The monoisotopic (exact) mass is 544 g/mol. The zero-order valence-corrected chi connectivity index (χ0v) is 23.5. The molecule has 4 N–H and O–H groups in total. The first-order valence-corrected chi connectivity index (χ1v) is 12.8. The Morgan fingerprint density at radius 1 is 1.03 bits per heavy atom. The molecular formula is C28H37ClN4O5. The van der Waals surface area contributed by atoms with Crippen LogP contribution in [-0.4, -0.2) is 46.9 Å². The number of likely N-dealkylation sites (N-methyl/N-ethyl adjacent to an activating group) is 1. The van der Waals surface area contributed by atoms with Gasteiger partial charge in [0.15, 0.2) is 0 Å². The quantitative estimate of drug-likeness (QED) is 0.401. The number of hydrogen-bond acceptors (Lipinski definition) is 5. The Balaban J connectivity index is 2.51. The summed E-state index contributed by atoms with van der Waals surface area (Å²) in [5, 5.41) is 5.81. The zero-order valence-electron chi connectivity index (χ0n) is 22.8. The Labute approximate surface area is 229 Å². The van der Waals surface area contributed by atoms with Crippen molar-refractivity contribution in [2.75, 3.05) is 11.9 Å². The summed E-state index contributed by atoms with van der Waals surface area (Å²) in [6, 6.07) is 10.3. The predicted molar refractivity (Wildman–Crippen MR) is 148 cm³/mol. The van der Waals surface area contributed by atoms with E-state index in [1.54, 1.807) is 52.0 Å². The minimum atomic E-state index is -1.15. The van der Waals surface area contributed by atoms with Gasteiger partial charge in [0.1, 0.15) is 17.7 Å². The number of amides is 4. The van der Waals surface area contributed by atoms with Crippen LogP contribution in [0.15, 0.2) is 42.5 Å². The van der Waals surface area contributed by atoms with Crippen LogP contribution >= 0.6 is 11.6 Å². The summed E-state index contributed by atoms with van der Waals surface area (Å²) in [5.41, 5.74) is 7.13. The summed E-state index contributed by atoms with van der Waals surface area (Å²) in [4.78, 5) is 53.2. The maximum atomic E-state index is 13.9. The van der Waals surface area contributed by atoms with Gasteiger partial charge in [0.2, 0.25) is 11.8 Å². The lowest BCUT2D eigenvalue weighted by Gasteiger charge is -2.34. The number of primary amides is 1. The third-order valence-corrected chi connectivity index (χ3v) is 6.12. The molecule has 0 aliphatic heterocycles. The van der Waals surface area contributed by atoms with Crippen molar-refractivity contribution in [2.45, 2.75) is 72.1 Å². The largest absolute Gasteiger partial charge is 0.444 e. The topological polar surface area (TPSA) is 131 Å². The highest BCUT2D eigenvalue weighted by Gasteiger charge is 2.36. The Morgan fingerprint density at radius 3 is 2.21 bits per heavy atom. The molecule has 0 radical (unpaired) electrons. The van der Waals surface area contributed by atoms with Crippen molar-refractivity contribution in [1.29, 1.82) is 0 Å². The highest BCUT2D eigenvalue weighted by molar-refractivity contribution is 6.34. The number of nitrogens with one attached hydrogen (secondary N) is 2. The maximum absolute atomic E-state index is 13.9. The molecule has 0 spiro atoms. The first kappa shape index (κ1) is 30.6. The number of halogens is 1. The molecule has 10 heteroatoms. The summed E-state index contributed by atoms with van der Waals surface area (Å²) >= 11 is 6.36. The van der Waals surface area contributed by atoms with Crippen molar-refractivity contribution in [1.82, 2.24) is 10.2 Å². The number of hydrogen-bond donors (Lipinski definition) is 3. The summed E-state index contributed by atoms with van der Waals surface area (Å²) in [7, 11) is 0. The second-order valence-corrected chi connectivity index (χ2v) is 10.4. The molecule has 0 aromatic heterocycles. The van der Waals surface area contributed by atoms with Crippen LogP contribution in [0.1, 0.15) is 63.3 Å². The molecule has 0 aliphatic carbocycles. The summed E-state index contributed by atoms with van der Waals surface area (Å²) in [6.07, 6.45) is -1.03. The fourth-order valence-corrected chi connectivity index (χ4v) is 4.25. The van der Waals surface area contributed by atoms with E-state index in [0.717, 1.165) is 11.1 Å². The van der Waals surface area contributed by atoms with E-state index in [-0.39, 0.29) is 19.4 Å². The molecule has 2 rings (SSSR count). The van der Waals surface area contributed by atoms with Gasteiger partial charge in [0.25, 0.3) is 5.91 Å². The van der Waals surface area contributed by atoms with Crippen LogP contribution in [0.5, 0.6) is 0 Å². The normalized spacial score (nSPS) is 12.7. The van der Waals surface area contributed by atoms with Gasteiger partial charge in [-0.3, -0.25) is 14.4 Å². The highest BCUT2D eigenvalue weighted by Crippen LogP contribution is 2.30. The average Bonchev–Trinajstić information content (AvgIpc) is 2.81. The molecule has 2 atom stereocenters. The number of benzene rings is 2. The van der Waals surface area contributed by atoms with E-state index in [9.17, 15) is 19.2 Å². The SMILES string of the molecule is CCN(C(=O)C(CCC(N)=O)NC(=O)OC(C)(C)C)C(C(=O)Nc1c(C)cccc1Cl)c1ccccc1C. The van der Waals surface area contributed by atoms with Crippen molar-refractivity contribution in [3.63, 3.8) is 0 Å². The first-order chi connectivity index (χ1) is 17.7. The predicted octanol–water partition coefficient (Wildman–Crippen LogP) is 4.64. The molecular weight excluding hydrogens is 508 g/mol. The van der Waals surface area contributed by atoms with Gasteiger partial charge >= 0.3 is 6.09 Å². The number of ether oxygens (including phenoxy) is 1. The van der Waals surface area contributed by atoms with Gasteiger partial charge in [-0.15, -0.1) is 0 Å². The fourth-order valence-electron chi connectivity index (χ4n) is 3.99. The Kier molecular flexibility index (Phi) is 10.7. The van der Waals surface area contributed by atoms with E-state index in [1.165, 1.54) is 4.90 Å². The van der Waals surface area contributed by atoms with Crippen LogP contribution in [-0.2, 0) is 19.1 Å². The molecule has 0 fully saturated rings. The van der Waals surface area contributed by atoms with E-state index in [1.807, 2.05) is 32.0 Å². The molecule has 38 heavy (non-hydrogen) atoms. The fraction of sp³-hybridized carbons (Fsp3) is 0.429. The van der Waals surface area contributed by atoms with Gasteiger partial charge in [0, 0.05) is 13.0 Å². The molecule has 2 unspecified atom stereocenters. The smallest absolute Gasteiger partial charge is 0.408 e. The number of anilines is 1. The van der Waals surface area contributed by atoms with Gasteiger partial charge in [-0.2, -0.15) is 0 Å². The first-order valence-electron chi connectivity index (χ1n) is 12.4. The zero-order chi connectivity index (χ0) is 28.6. The van der Waals surface area contributed by atoms with Crippen LogP contribution in [0.4, 0.5) is 10.5 Å². The second kappa shape index (κ2) is 13.3. The van der Waals surface area contributed by atoms with E-state index in [0.29, 0.717) is 16.3 Å². The second-order valence-electron chi connectivity index (χ2n) is 10.0. The molecule has 9 nitrogen and oxygen atoms in total. The van der Waals surface area contributed by atoms with Crippen molar-refractivity contribution in [3.05, 3.63) is 64.2 Å². The number of alkyl carbamates (subject to hydrolysis) is 1. The molecule has 206 valence electrons. The molecule has 4 amide bonds. The molecule has 0 aliphatic rings. The molecule has 2 aromatic carbocycles. The number of carbonyl (C=O) groups is 4. The van der Waals surface area contributed by atoms with Crippen LogP contribution in [0.25, 0.3) is 0 Å². The molecule has 2 aromatic rings. The van der Waals surface area contributed by atoms with Crippen molar-refractivity contribution in [2.24, 2.45) is 5.73 Å². The van der Waals surface area contributed by atoms with E-state index < -0.39 is 41.5 Å². The van der Waals surface area contributed by atoms with Gasteiger partial charge in [-0.25, -0.2) is 4.79 Å². The molecule has 0 bridgehead atoms. The Bertz CT molecular complexity index is 1160. The van der Waals surface area contributed by atoms with Gasteiger partial charge in [0.05, 0.1) is 10.7 Å². The summed E-state index contributed by atoms with van der Waals surface area (Å²) < 4.78 is 5.32. The third kappa shape index (κ3) is 8.48. The number of nitrogens with two attached hydrogens (primary N) is 1. The third-order valence-electron chi connectivity index (χ3n) is 5.81. The standard InChI is InChI=1S/C28H37ClN4O5/c1-7-33(26(36)21(15-16-22(30)34)31-27(37)38-28(4,5)6)24(19-13-9-8-11-17(19)2)25(35)32-23-18(3)12-10-14-20(23)29/h8-14,21,24H,7,15-16H2,1-6H3,(H2,30,34)(H,31,37)(H,32,35). The van der Waals surface area contributed by atoms with Crippen molar-refractivity contribution in [3.8, 4) is 0 Å². The lowest BCUT2D eigenvalue weighted by atomic mass is 9.97. The van der Waals surface area contributed by atoms with E-state index in [2.05, 4.69) is 10.6 Å². The number of nitrogens with zero attached hydrogens (tertiary/aromatic N) is 1. The molecule has 0 saturated heterocycles. The highest BCUT2D eigenvalue weighted by atomic mass is 35.5. The maximum Gasteiger partial charge on any atom is 0.408 e. The van der Waals surface area contributed by atoms with Crippen LogP contribution in [0.3, 0.4) is 0 Å². The lowest BCUT2D eigenvalue weighted by Crippen LogP contribution is -2.52. The number of aryl methyl sites for hydroxylation is 2. The van der Waals surface area contributed by atoms with Gasteiger partial charge in [-0.05, 0) is 70.7 Å². The number of carbonyl (C=O) groups excluding carboxylic acids is 4. The summed E-state index contributed by atoms with van der Waals surface area (Å²) in [5.74, 6) is -1.66. The van der Waals surface area contributed by atoms with E-state index >= 15 is 0 Å².